The molecule has 0 saturated heterocycles. The van der Waals surface area contributed by atoms with Gasteiger partial charge in [-0.25, -0.2) is 0 Å². The fourth-order valence-electron chi connectivity index (χ4n) is 4.75. The number of ether oxygens (including phenoxy) is 3. The summed E-state index contributed by atoms with van der Waals surface area (Å²) in [5.74, 6) is 0.179. The van der Waals surface area contributed by atoms with Gasteiger partial charge in [-0.15, -0.1) is 0 Å². The van der Waals surface area contributed by atoms with Crippen LogP contribution in [0.15, 0.2) is 57.1 Å². The van der Waals surface area contributed by atoms with Crippen LogP contribution in [0.25, 0.3) is 0 Å². The average molecular weight is 527 g/mol. The van der Waals surface area contributed by atoms with Gasteiger partial charge >= 0.3 is 0 Å². The second-order valence-electron chi connectivity index (χ2n) is 8.26. The number of allylic oxidation sites excluding steroid dienone is 2. The van der Waals surface area contributed by atoms with Gasteiger partial charge in [-0.3, -0.25) is 14.6 Å². The highest BCUT2D eigenvalue weighted by Crippen LogP contribution is 2.48. The molecular weight excluding hydrogens is 500 g/mol. The lowest BCUT2D eigenvalue weighted by Crippen LogP contribution is -2.39. The number of hydrogen-bond acceptors (Lipinski definition) is 6. The molecule has 8 heteroatoms. The molecule has 0 fully saturated rings. The molecule has 0 radical (unpaired) electrons. The molecule has 34 heavy (non-hydrogen) atoms. The van der Waals surface area contributed by atoms with Crippen LogP contribution < -0.4 is 19.5 Å². The molecule has 0 spiro atoms. The minimum absolute atomic E-state index is 0.0271. The first kappa shape index (κ1) is 24.0. The molecule has 1 amide bonds. The minimum Gasteiger partial charge on any atom is -0.495 e. The van der Waals surface area contributed by atoms with Crippen molar-refractivity contribution in [3.63, 3.8) is 0 Å². The summed E-state index contributed by atoms with van der Waals surface area (Å²) < 4.78 is 17.1. The second-order valence-corrected chi connectivity index (χ2v) is 9.12. The number of Topliss-reactive ketones (excluding diaryl/α,β-unsaturated/α-hetero) is 1. The van der Waals surface area contributed by atoms with E-state index >= 15 is 0 Å². The van der Waals surface area contributed by atoms with Gasteiger partial charge in [0.2, 0.25) is 5.91 Å². The number of methoxy groups -OCH3 is 3. The number of para-hydroxylation sites is 2. The van der Waals surface area contributed by atoms with Gasteiger partial charge < -0.3 is 19.5 Å². The normalized spacial score (nSPS) is 19.8. The molecule has 2 aromatic rings. The largest absolute Gasteiger partial charge is 0.495 e. The number of carbonyl (C=O) groups excluding carboxylic acids is 2. The van der Waals surface area contributed by atoms with Gasteiger partial charge in [0, 0.05) is 33.8 Å². The SMILES string of the molecule is COc1ccccc1NC(=O)C1C(C)=NC2=C(C(=O)CCC2)[C@@H]1c1cc(OC)c(OC)cc1Br. The lowest BCUT2D eigenvalue weighted by atomic mass is 9.71. The standard InChI is InChI=1S/C26H27BrN2O5/c1-14-23(26(31)29-17-8-5-6-11-20(17)32-2)24(25-18(28-14)9-7-10-19(25)30)15-12-21(33-3)22(34-4)13-16(15)27/h5-6,8,11-13,23-24H,7,9-10H2,1-4H3,(H,29,31)/t23?,24-/m1/s1. The van der Waals surface area contributed by atoms with Crippen LogP contribution >= 0.6 is 15.9 Å². The van der Waals surface area contributed by atoms with Crippen LogP contribution in [0.5, 0.6) is 17.2 Å². The number of rotatable bonds is 6. The van der Waals surface area contributed by atoms with Crippen LogP contribution in [0.3, 0.4) is 0 Å². The van der Waals surface area contributed by atoms with E-state index in [0.29, 0.717) is 47.1 Å². The number of anilines is 1. The van der Waals surface area contributed by atoms with Gasteiger partial charge in [-0.05, 0) is 49.6 Å². The maximum atomic E-state index is 13.7. The monoisotopic (exact) mass is 526 g/mol. The number of amides is 1. The van der Waals surface area contributed by atoms with Crippen molar-refractivity contribution < 1.29 is 23.8 Å². The van der Waals surface area contributed by atoms with E-state index in [2.05, 4.69) is 21.2 Å². The molecule has 0 aromatic heterocycles. The molecule has 1 aliphatic carbocycles. The van der Waals surface area contributed by atoms with Crippen molar-refractivity contribution in [2.75, 3.05) is 26.6 Å². The lowest BCUT2D eigenvalue weighted by molar-refractivity contribution is -0.119. The molecule has 1 aliphatic heterocycles. The Hall–Kier alpha value is -3.13. The van der Waals surface area contributed by atoms with Crippen LogP contribution in [0.1, 0.15) is 37.7 Å². The van der Waals surface area contributed by atoms with E-state index in [0.717, 1.165) is 22.2 Å². The Bertz CT molecular complexity index is 1200. The molecule has 2 aliphatic rings. The first-order chi connectivity index (χ1) is 16.4. The number of nitrogens with zero attached hydrogens (tertiary/aromatic N) is 1. The average Bonchev–Trinajstić information content (AvgIpc) is 2.83. The number of carbonyl (C=O) groups is 2. The number of hydrogen-bond donors (Lipinski definition) is 1. The maximum Gasteiger partial charge on any atom is 0.234 e. The van der Waals surface area contributed by atoms with E-state index in [9.17, 15) is 9.59 Å². The minimum atomic E-state index is -0.694. The summed E-state index contributed by atoms with van der Waals surface area (Å²) in [5.41, 5.74) is 3.36. The third-order valence-corrected chi connectivity index (χ3v) is 7.01. The van der Waals surface area contributed by atoms with Crippen molar-refractivity contribution in [3.8, 4) is 17.2 Å². The Labute approximate surface area is 207 Å². The molecule has 2 atom stereocenters. The smallest absolute Gasteiger partial charge is 0.234 e. The Balaban J connectivity index is 1.85. The van der Waals surface area contributed by atoms with E-state index in [1.807, 2.05) is 25.1 Å². The molecule has 7 nitrogen and oxygen atoms in total. The number of halogens is 1. The number of ketones is 1. The predicted molar refractivity (Wildman–Crippen MR) is 134 cm³/mol. The Morgan fingerprint density at radius 1 is 1.03 bits per heavy atom. The van der Waals surface area contributed by atoms with E-state index < -0.39 is 11.8 Å². The zero-order chi connectivity index (χ0) is 24.4. The van der Waals surface area contributed by atoms with Gasteiger partial charge in [0.15, 0.2) is 17.3 Å². The topological polar surface area (TPSA) is 86.2 Å². The fraction of sp³-hybridized carbons (Fsp3) is 0.346. The molecule has 4 rings (SSSR count). The van der Waals surface area contributed by atoms with Gasteiger partial charge in [0.05, 0.1) is 32.9 Å². The van der Waals surface area contributed by atoms with E-state index in [1.54, 1.807) is 39.5 Å². The maximum absolute atomic E-state index is 13.7. The number of nitrogens with one attached hydrogen (secondary N) is 1. The van der Waals surface area contributed by atoms with Crippen LogP contribution in [-0.2, 0) is 9.59 Å². The molecule has 1 N–H and O–H groups in total. The van der Waals surface area contributed by atoms with Crippen LogP contribution in [0.2, 0.25) is 0 Å². The van der Waals surface area contributed by atoms with Gasteiger partial charge in [-0.1, -0.05) is 28.1 Å². The molecular formula is C26H27BrN2O5. The highest BCUT2D eigenvalue weighted by atomic mass is 79.9. The zero-order valence-electron chi connectivity index (χ0n) is 19.6. The second kappa shape index (κ2) is 10.0. The van der Waals surface area contributed by atoms with Crippen LogP contribution in [0.4, 0.5) is 5.69 Å². The molecule has 178 valence electrons. The molecule has 0 saturated carbocycles. The molecule has 0 bridgehead atoms. The Morgan fingerprint density at radius 2 is 1.71 bits per heavy atom. The lowest BCUT2D eigenvalue weighted by Gasteiger charge is -2.35. The summed E-state index contributed by atoms with van der Waals surface area (Å²) >= 11 is 3.65. The third-order valence-electron chi connectivity index (χ3n) is 6.32. The quantitative estimate of drug-likeness (QED) is 0.552. The number of benzene rings is 2. The van der Waals surface area contributed by atoms with Crippen molar-refractivity contribution in [3.05, 3.63) is 57.7 Å². The van der Waals surface area contributed by atoms with Crippen molar-refractivity contribution in [2.45, 2.75) is 32.1 Å². The first-order valence-corrected chi connectivity index (χ1v) is 11.9. The summed E-state index contributed by atoms with van der Waals surface area (Å²) in [6.07, 6.45) is 1.91. The molecule has 1 unspecified atom stereocenters. The molecule has 1 heterocycles. The van der Waals surface area contributed by atoms with Crippen molar-refractivity contribution >= 4 is 39.0 Å². The summed E-state index contributed by atoms with van der Waals surface area (Å²) in [6.45, 7) is 1.84. The zero-order valence-corrected chi connectivity index (χ0v) is 21.2. The van der Waals surface area contributed by atoms with E-state index in [1.165, 1.54) is 0 Å². The summed E-state index contributed by atoms with van der Waals surface area (Å²) in [6, 6.07) is 10.9. The highest BCUT2D eigenvalue weighted by molar-refractivity contribution is 9.10. The number of aliphatic imine (C=N–C) groups is 1. The summed E-state index contributed by atoms with van der Waals surface area (Å²) in [4.78, 5) is 31.7. The van der Waals surface area contributed by atoms with E-state index in [-0.39, 0.29) is 11.7 Å². The van der Waals surface area contributed by atoms with Crippen molar-refractivity contribution in [2.24, 2.45) is 10.9 Å². The Kier molecular flexibility index (Phi) is 7.07. The van der Waals surface area contributed by atoms with Gasteiger partial charge in [-0.2, -0.15) is 0 Å². The fourth-order valence-corrected chi connectivity index (χ4v) is 5.32. The van der Waals surface area contributed by atoms with Crippen molar-refractivity contribution in [1.82, 2.24) is 0 Å². The summed E-state index contributed by atoms with van der Waals surface area (Å²) in [7, 11) is 4.68. The third kappa shape index (κ3) is 4.34. The van der Waals surface area contributed by atoms with E-state index in [4.69, 9.17) is 19.2 Å². The Morgan fingerprint density at radius 3 is 2.41 bits per heavy atom. The first-order valence-electron chi connectivity index (χ1n) is 11.1. The summed E-state index contributed by atoms with van der Waals surface area (Å²) in [5, 5.41) is 2.99. The molecule has 2 aromatic carbocycles. The van der Waals surface area contributed by atoms with Crippen LogP contribution in [0, 0.1) is 5.92 Å². The van der Waals surface area contributed by atoms with Crippen LogP contribution in [-0.4, -0.2) is 38.7 Å². The van der Waals surface area contributed by atoms with Gasteiger partial charge in [0.25, 0.3) is 0 Å². The van der Waals surface area contributed by atoms with Gasteiger partial charge in [0.1, 0.15) is 5.75 Å². The predicted octanol–water partition coefficient (Wildman–Crippen LogP) is 5.30. The van der Waals surface area contributed by atoms with Crippen molar-refractivity contribution in [1.29, 1.82) is 0 Å². The highest BCUT2D eigenvalue weighted by Gasteiger charge is 2.43.